The first-order valence-electron chi connectivity index (χ1n) is 7.56. The lowest BCUT2D eigenvalue weighted by atomic mass is 9.85. The predicted octanol–water partition coefficient (Wildman–Crippen LogP) is 4.93. The van der Waals surface area contributed by atoms with E-state index < -0.39 is 0 Å². The van der Waals surface area contributed by atoms with E-state index in [0.29, 0.717) is 5.54 Å². The third kappa shape index (κ3) is 2.55. The molecular formula is C17H27N. The van der Waals surface area contributed by atoms with Gasteiger partial charge in [0.25, 0.3) is 0 Å². The minimum absolute atomic E-state index is 0.443. The largest absolute Gasteiger partial charge is 0.366 e. The van der Waals surface area contributed by atoms with Gasteiger partial charge in [-0.3, -0.25) is 0 Å². The standard InChI is InChI=1S/C17H27N/c1-4-11-17(12-5-2)13-6-14-18(17)16-9-7-15(3)8-10-16/h7-10H,4-6,11-14H2,1-3H3. The van der Waals surface area contributed by atoms with Crippen LogP contribution in [0.5, 0.6) is 0 Å². The normalized spacial score (nSPS) is 18.3. The highest BCUT2D eigenvalue weighted by atomic mass is 15.2. The third-order valence-corrected chi connectivity index (χ3v) is 4.37. The summed E-state index contributed by atoms with van der Waals surface area (Å²) in [4.78, 5) is 2.69. The highest BCUT2D eigenvalue weighted by Gasteiger charge is 2.39. The fourth-order valence-corrected chi connectivity index (χ4v) is 3.64. The Morgan fingerprint density at radius 3 is 2.22 bits per heavy atom. The summed E-state index contributed by atoms with van der Waals surface area (Å²) in [5.41, 5.74) is 3.23. The van der Waals surface area contributed by atoms with E-state index in [9.17, 15) is 0 Å². The van der Waals surface area contributed by atoms with Crippen molar-refractivity contribution in [1.29, 1.82) is 0 Å². The molecule has 1 aliphatic heterocycles. The van der Waals surface area contributed by atoms with Crippen LogP contribution in [0.1, 0.15) is 57.9 Å². The molecule has 0 amide bonds. The molecule has 0 spiro atoms. The summed E-state index contributed by atoms with van der Waals surface area (Å²) in [6, 6.07) is 9.11. The van der Waals surface area contributed by atoms with Crippen molar-refractivity contribution in [3.63, 3.8) is 0 Å². The molecule has 18 heavy (non-hydrogen) atoms. The zero-order valence-corrected chi connectivity index (χ0v) is 12.2. The van der Waals surface area contributed by atoms with Gasteiger partial charge < -0.3 is 4.90 Å². The number of hydrogen-bond donors (Lipinski definition) is 0. The zero-order valence-electron chi connectivity index (χ0n) is 12.2. The first kappa shape index (κ1) is 13.5. The van der Waals surface area contributed by atoms with Gasteiger partial charge in [-0.2, -0.15) is 0 Å². The molecule has 100 valence electrons. The van der Waals surface area contributed by atoms with Crippen molar-refractivity contribution < 1.29 is 0 Å². The summed E-state index contributed by atoms with van der Waals surface area (Å²) in [7, 11) is 0. The van der Waals surface area contributed by atoms with Crippen molar-refractivity contribution in [3.8, 4) is 0 Å². The van der Waals surface area contributed by atoms with Crippen molar-refractivity contribution in [3.05, 3.63) is 29.8 Å². The second-order valence-electron chi connectivity index (χ2n) is 5.82. The lowest BCUT2D eigenvalue weighted by Crippen LogP contribution is -2.43. The summed E-state index contributed by atoms with van der Waals surface area (Å²) in [5, 5.41) is 0. The Morgan fingerprint density at radius 2 is 1.67 bits per heavy atom. The molecule has 0 unspecified atom stereocenters. The Hall–Kier alpha value is -0.980. The van der Waals surface area contributed by atoms with Crippen molar-refractivity contribution in [2.24, 2.45) is 0 Å². The molecule has 1 heterocycles. The molecule has 0 N–H and O–H groups in total. The van der Waals surface area contributed by atoms with Gasteiger partial charge in [0, 0.05) is 17.8 Å². The summed E-state index contributed by atoms with van der Waals surface area (Å²) >= 11 is 0. The van der Waals surface area contributed by atoms with Gasteiger partial charge in [-0.15, -0.1) is 0 Å². The highest BCUT2D eigenvalue weighted by molar-refractivity contribution is 5.51. The zero-order chi connectivity index (χ0) is 13.0. The van der Waals surface area contributed by atoms with Gasteiger partial charge in [0.15, 0.2) is 0 Å². The summed E-state index contributed by atoms with van der Waals surface area (Å²) < 4.78 is 0. The number of aryl methyl sites for hydroxylation is 1. The first-order valence-corrected chi connectivity index (χ1v) is 7.56. The quantitative estimate of drug-likeness (QED) is 0.710. The topological polar surface area (TPSA) is 3.24 Å². The van der Waals surface area contributed by atoms with Gasteiger partial charge in [0.2, 0.25) is 0 Å². The summed E-state index contributed by atoms with van der Waals surface area (Å²) in [6.07, 6.45) is 8.00. The molecule has 1 saturated heterocycles. The van der Waals surface area contributed by atoms with Gasteiger partial charge in [-0.1, -0.05) is 44.4 Å². The highest BCUT2D eigenvalue weighted by Crippen LogP contribution is 2.40. The Balaban J connectivity index is 2.26. The molecule has 2 rings (SSSR count). The number of nitrogens with zero attached hydrogens (tertiary/aromatic N) is 1. The Bertz CT molecular complexity index is 360. The van der Waals surface area contributed by atoms with Gasteiger partial charge in [-0.05, 0) is 44.7 Å². The lowest BCUT2D eigenvalue weighted by Gasteiger charge is -2.40. The monoisotopic (exact) mass is 245 g/mol. The minimum Gasteiger partial charge on any atom is -0.366 e. The van der Waals surface area contributed by atoms with E-state index in [1.807, 2.05) is 0 Å². The number of benzene rings is 1. The molecule has 1 nitrogen and oxygen atoms in total. The van der Waals surface area contributed by atoms with Crippen molar-refractivity contribution in [2.75, 3.05) is 11.4 Å². The number of anilines is 1. The SMILES string of the molecule is CCCC1(CCC)CCCN1c1ccc(C)cc1. The molecule has 0 aliphatic carbocycles. The van der Waals surface area contributed by atoms with E-state index in [4.69, 9.17) is 0 Å². The van der Waals surface area contributed by atoms with Gasteiger partial charge in [0.05, 0.1) is 0 Å². The first-order chi connectivity index (χ1) is 8.72. The van der Waals surface area contributed by atoms with Crippen LogP contribution in [0.25, 0.3) is 0 Å². The summed E-state index contributed by atoms with van der Waals surface area (Å²) in [6.45, 7) is 8.05. The molecule has 1 fully saturated rings. The summed E-state index contributed by atoms with van der Waals surface area (Å²) in [5.74, 6) is 0. The van der Waals surface area contributed by atoms with E-state index in [-0.39, 0.29) is 0 Å². The van der Waals surface area contributed by atoms with Crippen molar-refractivity contribution in [1.82, 2.24) is 0 Å². The van der Waals surface area contributed by atoms with E-state index in [1.165, 1.54) is 56.3 Å². The Labute approximate surface area is 112 Å². The van der Waals surface area contributed by atoms with E-state index in [2.05, 4.69) is 49.9 Å². The molecule has 0 aromatic heterocycles. The van der Waals surface area contributed by atoms with Crippen LogP contribution < -0.4 is 4.90 Å². The van der Waals surface area contributed by atoms with Crippen LogP contribution in [-0.2, 0) is 0 Å². The number of hydrogen-bond acceptors (Lipinski definition) is 1. The van der Waals surface area contributed by atoms with Crippen LogP contribution in [0, 0.1) is 6.92 Å². The van der Waals surface area contributed by atoms with Crippen LogP contribution in [0.2, 0.25) is 0 Å². The second kappa shape index (κ2) is 5.77. The number of rotatable bonds is 5. The average molecular weight is 245 g/mol. The molecule has 1 aromatic carbocycles. The van der Waals surface area contributed by atoms with Crippen LogP contribution in [-0.4, -0.2) is 12.1 Å². The third-order valence-electron chi connectivity index (χ3n) is 4.37. The smallest absolute Gasteiger partial charge is 0.0402 e. The van der Waals surface area contributed by atoms with E-state index in [1.54, 1.807) is 0 Å². The molecule has 1 aliphatic rings. The van der Waals surface area contributed by atoms with Crippen molar-refractivity contribution in [2.45, 2.75) is 64.8 Å². The Kier molecular flexibility index (Phi) is 4.31. The molecule has 0 radical (unpaired) electrons. The fraction of sp³-hybridized carbons (Fsp3) is 0.647. The molecule has 0 atom stereocenters. The van der Waals surface area contributed by atoms with Crippen LogP contribution >= 0.6 is 0 Å². The molecular weight excluding hydrogens is 218 g/mol. The minimum atomic E-state index is 0.443. The average Bonchev–Trinajstić information content (AvgIpc) is 2.75. The van der Waals surface area contributed by atoms with Gasteiger partial charge in [0.1, 0.15) is 0 Å². The predicted molar refractivity (Wildman–Crippen MR) is 80.3 cm³/mol. The van der Waals surface area contributed by atoms with Crippen LogP contribution in [0.4, 0.5) is 5.69 Å². The van der Waals surface area contributed by atoms with Crippen LogP contribution in [0.3, 0.4) is 0 Å². The van der Waals surface area contributed by atoms with Crippen molar-refractivity contribution >= 4 is 5.69 Å². The maximum atomic E-state index is 2.69. The lowest BCUT2D eigenvalue weighted by molar-refractivity contribution is 0.358. The molecule has 0 saturated carbocycles. The Morgan fingerprint density at radius 1 is 1.06 bits per heavy atom. The van der Waals surface area contributed by atoms with Gasteiger partial charge in [-0.25, -0.2) is 0 Å². The molecule has 0 bridgehead atoms. The van der Waals surface area contributed by atoms with Gasteiger partial charge >= 0.3 is 0 Å². The fourth-order valence-electron chi connectivity index (χ4n) is 3.64. The second-order valence-corrected chi connectivity index (χ2v) is 5.82. The molecule has 1 aromatic rings. The maximum absolute atomic E-state index is 2.69. The van der Waals surface area contributed by atoms with E-state index >= 15 is 0 Å². The molecule has 1 heteroatoms. The van der Waals surface area contributed by atoms with E-state index in [0.717, 1.165) is 0 Å². The maximum Gasteiger partial charge on any atom is 0.0402 e. The van der Waals surface area contributed by atoms with Crippen LogP contribution in [0.15, 0.2) is 24.3 Å².